The summed E-state index contributed by atoms with van der Waals surface area (Å²) in [5.74, 6) is -0.856. The van der Waals surface area contributed by atoms with Crippen LogP contribution in [-0.2, 0) is 21.4 Å². The van der Waals surface area contributed by atoms with Crippen molar-refractivity contribution in [1.29, 1.82) is 0 Å². The number of halogens is 1. The summed E-state index contributed by atoms with van der Waals surface area (Å²) in [4.78, 5) is 14.9. The third-order valence-corrected chi connectivity index (χ3v) is 8.59. The molecule has 0 bridgehead atoms. The van der Waals surface area contributed by atoms with Gasteiger partial charge in [0, 0.05) is 32.2 Å². The van der Waals surface area contributed by atoms with Crippen molar-refractivity contribution in [1.82, 2.24) is 13.9 Å². The molecule has 2 aliphatic heterocycles. The molecule has 1 N–H and O–H groups in total. The molecule has 0 atom stereocenters. The summed E-state index contributed by atoms with van der Waals surface area (Å²) in [6.45, 7) is 4.72. The molecule has 0 spiro atoms. The number of likely N-dealkylation sites (tertiary alicyclic amines) is 1. The van der Waals surface area contributed by atoms with Crippen molar-refractivity contribution in [2.75, 3.05) is 39.8 Å². The Morgan fingerprint density at radius 2 is 1.79 bits per heavy atom. The first-order valence-corrected chi connectivity index (χ1v) is 13.8. The summed E-state index contributed by atoms with van der Waals surface area (Å²) in [6.07, 6.45) is 6.51. The van der Waals surface area contributed by atoms with E-state index in [1.165, 1.54) is 29.3 Å². The highest BCUT2D eigenvalue weighted by Gasteiger charge is 2.33. The van der Waals surface area contributed by atoms with Crippen molar-refractivity contribution in [3.05, 3.63) is 29.1 Å². The van der Waals surface area contributed by atoms with Crippen LogP contribution in [0.25, 0.3) is 0 Å². The smallest absolute Gasteiger partial charge is 0.304 e. The van der Waals surface area contributed by atoms with E-state index in [0.29, 0.717) is 43.1 Å². The van der Waals surface area contributed by atoms with Crippen LogP contribution in [0.15, 0.2) is 12.1 Å². The number of benzene rings is 1. The molecule has 3 aliphatic rings. The number of rotatable bonds is 9. The van der Waals surface area contributed by atoms with E-state index in [0.717, 1.165) is 25.9 Å². The third-order valence-electron chi connectivity index (χ3n) is 7.10. The van der Waals surface area contributed by atoms with E-state index in [2.05, 4.69) is 4.90 Å². The minimum absolute atomic E-state index is 0.0159. The van der Waals surface area contributed by atoms with Gasteiger partial charge in [0.1, 0.15) is 11.6 Å². The molecule has 1 saturated carbocycles. The van der Waals surface area contributed by atoms with Crippen LogP contribution < -0.4 is 9.46 Å². The zero-order valence-electron chi connectivity index (χ0n) is 20.1. The fourth-order valence-corrected chi connectivity index (χ4v) is 6.18. The molecule has 2 heterocycles. The van der Waals surface area contributed by atoms with Gasteiger partial charge in [-0.1, -0.05) is 19.8 Å². The van der Waals surface area contributed by atoms with Gasteiger partial charge in [0.2, 0.25) is 0 Å². The summed E-state index contributed by atoms with van der Waals surface area (Å²) < 4.78 is 55.5. The summed E-state index contributed by atoms with van der Waals surface area (Å²) in [5, 5.41) is 0. The van der Waals surface area contributed by atoms with Crippen LogP contribution in [-0.4, -0.2) is 75.6 Å². The zero-order chi connectivity index (χ0) is 24.3. The van der Waals surface area contributed by atoms with Crippen molar-refractivity contribution >= 4 is 16.1 Å². The Morgan fingerprint density at radius 3 is 2.41 bits per heavy atom. The molecular formula is C24H36FN3O5S. The Kier molecular flexibility index (Phi) is 8.12. The van der Waals surface area contributed by atoms with Gasteiger partial charge < -0.3 is 14.4 Å². The van der Waals surface area contributed by atoms with Crippen LogP contribution >= 0.6 is 0 Å². The first kappa shape index (κ1) is 25.3. The van der Waals surface area contributed by atoms with Crippen LogP contribution in [0.3, 0.4) is 0 Å². The molecule has 10 heteroatoms. The van der Waals surface area contributed by atoms with Crippen molar-refractivity contribution in [3.8, 4) is 5.75 Å². The maximum absolute atomic E-state index is 14.8. The zero-order valence-corrected chi connectivity index (χ0v) is 20.9. The molecule has 0 aromatic heterocycles. The van der Waals surface area contributed by atoms with Crippen LogP contribution in [0.5, 0.6) is 5.75 Å². The number of hydrogen-bond acceptors (Lipinski definition) is 6. The van der Waals surface area contributed by atoms with E-state index in [-0.39, 0.29) is 30.9 Å². The molecule has 0 radical (unpaired) electrons. The second-order valence-electron chi connectivity index (χ2n) is 9.77. The van der Waals surface area contributed by atoms with Crippen LogP contribution in [0.2, 0.25) is 0 Å². The molecule has 190 valence electrons. The standard InChI is InChI=1S/C24H36FN3O5S/c1-3-18-12-21(22(25)13-23(18)32-16-17-6-4-5-7-17)24(29)26-34(30,31)28-10-8-19(9-11-28)33-20-14-27(2)15-20/h12-13,17,19-20H,3-11,14-16H2,1-2H3,(H,26,29). The summed E-state index contributed by atoms with van der Waals surface area (Å²) >= 11 is 0. The molecule has 1 aromatic rings. The molecule has 3 fully saturated rings. The van der Waals surface area contributed by atoms with Gasteiger partial charge in [-0.15, -0.1) is 0 Å². The lowest BCUT2D eigenvalue weighted by molar-refractivity contribution is -0.0957. The highest BCUT2D eigenvalue weighted by atomic mass is 32.2. The summed E-state index contributed by atoms with van der Waals surface area (Å²) in [7, 11) is -2.05. The average Bonchev–Trinajstić information content (AvgIpc) is 3.30. The number of likely N-dealkylation sites (N-methyl/N-ethyl adjacent to an activating group) is 1. The lowest BCUT2D eigenvalue weighted by Gasteiger charge is -2.40. The Hall–Kier alpha value is -1.75. The van der Waals surface area contributed by atoms with E-state index in [1.807, 2.05) is 18.7 Å². The van der Waals surface area contributed by atoms with E-state index in [1.54, 1.807) is 0 Å². The van der Waals surface area contributed by atoms with Gasteiger partial charge in [-0.05, 0) is 56.7 Å². The van der Waals surface area contributed by atoms with Gasteiger partial charge >= 0.3 is 10.2 Å². The van der Waals surface area contributed by atoms with Gasteiger partial charge in [0.05, 0.1) is 24.4 Å². The van der Waals surface area contributed by atoms with Crippen LogP contribution in [0.1, 0.15) is 61.4 Å². The number of aryl methyl sites for hydroxylation is 1. The normalized spacial score (nSPS) is 21.5. The van der Waals surface area contributed by atoms with Gasteiger partial charge in [-0.25, -0.2) is 9.11 Å². The second-order valence-corrected chi connectivity index (χ2v) is 11.4. The number of amides is 1. The lowest BCUT2D eigenvalue weighted by atomic mass is 10.1. The molecule has 34 heavy (non-hydrogen) atoms. The highest BCUT2D eigenvalue weighted by molar-refractivity contribution is 7.87. The molecule has 4 rings (SSSR count). The number of hydrogen-bond donors (Lipinski definition) is 1. The maximum atomic E-state index is 14.8. The van der Waals surface area contributed by atoms with E-state index >= 15 is 0 Å². The Morgan fingerprint density at radius 1 is 1.12 bits per heavy atom. The van der Waals surface area contributed by atoms with Gasteiger partial charge in [-0.3, -0.25) is 4.79 Å². The number of nitrogens with zero attached hydrogens (tertiary/aromatic N) is 2. The number of ether oxygens (including phenoxy) is 2. The number of carbonyl (C=O) groups is 1. The summed E-state index contributed by atoms with van der Waals surface area (Å²) in [5.41, 5.74) is 0.391. The largest absolute Gasteiger partial charge is 0.493 e. The predicted octanol–water partition coefficient (Wildman–Crippen LogP) is 2.73. The molecule has 1 aliphatic carbocycles. The van der Waals surface area contributed by atoms with Crippen molar-refractivity contribution < 1.29 is 27.1 Å². The second kappa shape index (κ2) is 10.9. The van der Waals surface area contributed by atoms with Gasteiger partial charge in [0.25, 0.3) is 5.91 Å². The van der Waals surface area contributed by atoms with E-state index < -0.39 is 21.9 Å². The topological polar surface area (TPSA) is 88.2 Å². The predicted molar refractivity (Wildman–Crippen MR) is 127 cm³/mol. The van der Waals surface area contributed by atoms with Crippen molar-refractivity contribution in [3.63, 3.8) is 0 Å². The summed E-state index contributed by atoms with van der Waals surface area (Å²) in [6, 6.07) is 2.61. The van der Waals surface area contributed by atoms with Crippen LogP contribution in [0.4, 0.5) is 4.39 Å². The fourth-order valence-electron chi connectivity index (χ4n) is 5.01. The molecule has 0 unspecified atom stereocenters. The fraction of sp³-hybridized carbons (Fsp3) is 0.708. The minimum atomic E-state index is -4.08. The minimum Gasteiger partial charge on any atom is -0.493 e. The Bertz CT molecular complexity index is 969. The monoisotopic (exact) mass is 497 g/mol. The Labute approximate surface area is 202 Å². The van der Waals surface area contributed by atoms with Crippen LogP contribution in [0, 0.1) is 11.7 Å². The van der Waals surface area contributed by atoms with Gasteiger partial charge in [-0.2, -0.15) is 12.7 Å². The average molecular weight is 498 g/mol. The molecule has 1 amide bonds. The maximum Gasteiger partial charge on any atom is 0.304 e. The molecule has 1 aromatic carbocycles. The molecular weight excluding hydrogens is 461 g/mol. The van der Waals surface area contributed by atoms with E-state index in [4.69, 9.17) is 9.47 Å². The van der Waals surface area contributed by atoms with Crippen molar-refractivity contribution in [2.45, 2.75) is 64.1 Å². The third kappa shape index (κ3) is 6.08. The molecule has 8 nitrogen and oxygen atoms in total. The Balaban J connectivity index is 1.34. The molecule has 2 saturated heterocycles. The lowest BCUT2D eigenvalue weighted by Crippen LogP contribution is -2.53. The van der Waals surface area contributed by atoms with Crippen molar-refractivity contribution in [2.24, 2.45) is 5.92 Å². The quantitative estimate of drug-likeness (QED) is 0.565. The number of piperidine rings is 1. The first-order chi connectivity index (χ1) is 16.2. The SMILES string of the molecule is CCc1cc(C(=O)NS(=O)(=O)N2CCC(OC3CN(C)C3)CC2)c(F)cc1OCC1CCCC1. The number of carbonyl (C=O) groups excluding carboxylic acids is 1. The van der Waals surface area contributed by atoms with E-state index in [9.17, 15) is 17.6 Å². The highest BCUT2D eigenvalue weighted by Crippen LogP contribution is 2.29. The number of nitrogens with one attached hydrogen (secondary N) is 1. The first-order valence-electron chi connectivity index (χ1n) is 12.4. The van der Waals surface area contributed by atoms with Gasteiger partial charge in [0.15, 0.2) is 0 Å².